The molecule has 2 unspecified atom stereocenters. The number of hydrogen-bond donors (Lipinski definition) is 1. The summed E-state index contributed by atoms with van der Waals surface area (Å²) in [5, 5.41) is 3.00. The molecule has 3 rings (SSSR count). The van der Waals surface area contributed by atoms with Gasteiger partial charge in [0.05, 0.1) is 11.9 Å². The topological polar surface area (TPSA) is 86.8 Å². The molecular formula is C30H36FN3O4S. The van der Waals surface area contributed by atoms with Crippen molar-refractivity contribution in [1.29, 1.82) is 0 Å². The lowest BCUT2D eigenvalue weighted by atomic mass is 10.0. The van der Waals surface area contributed by atoms with Crippen LogP contribution in [0.1, 0.15) is 37.0 Å². The molecule has 0 aromatic heterocycles. The lowest BCUT2D eigenvalue weighted by Gasteiger charge is -2.34. The van der Waals surface area contributed by atoms with Gasteiger partial charge in [-0.25, -0.2) is 12.8 Å². The van der Waals surface area contributed by atoms with E-state index in [4.69, 9.17) is 0 Å². The summed E-state index contributed by atoms with van der Waals surface area (Å²) in [6.07, 6.45) is 1.95. The van der Waals surface area contributed by atoms with Crippen LogP contribution >= 0.6 is 0 Å². The number of nitrogens with one attached hydrogen (secondary N) is 1. The molecule has 2 atom stereocenters. The molecule has 0 aliphatic rings. The zero-order valence-corrected chi connectivity index (χ0v) is 23.6. The number of anilines is 1. The van der Waals surface area contributed by atoms with E-state index >= 15 is 0 Å². The number of hydrogen-bond acceptors (Lipinski definition) is 4. The van der Waals surface area contributed by atoms with E-state index in [1.54, 1.807) is 0 Å². The number of rotatable bonds is 12. The molecule has 0 saturated carbocycles. The normalized spacial score (nSPS) is 12.8. The van der Waals surface area contributed by atoms with E-state index in [0.29, 0.717) is 6.42 Å². The molecule has 1 N–H and O–H groups in total. The Hall–Kier alpha value is -3.72. The average molecular weight is 554 g/mol. The number of halogens is 1. The lowest BCUT2D eigenvalue weighted by molar-refractivity contribution is -0.140. The number of amides is 2. The fraction of sp³-hybridized carbons (Fsp3) is 0.333. The van der Waals surface area contributed by atoms with Gasteiger partial charge in [-0.1, -0.05) is 61.5 Å². The number of nitrogens with zero attached hydrogens (tertiary/aromatic N) is 2. The maximum absolute atomic E-state index is 14.0. The van der Waals surface area contributed by atoms with Crippen LogP contribution in [0.25, 0.3) is 0 Å². The van der Waals surface area contributed by atoms with Gasteiger partial charge in [0.1, 0.15) is 18.4 Å². The van der Waals surface area contributed by atoms with Crippen molar-refractivity contribution in [3.05, 3.63) is 101 Å². The highest BCUT2D eigenvalue weighted by atomic mass is 32.2. The smallest absolute Gasteiger partial charge is 0.244 e. The van der Waals surface area contributed by atoms with Gasteiger partial charge in [-0.15, -0.1) is 0 Å². The molecule has 0 aliphatic carbocycles. The predicted octanol–water partition coefficient (Wildman–Crippen LogP) is 4.45. The molecule has 0 fully saturated rings. The van der Waals surface area contributed by atoms with Crippen molar-refractivity contribution in [2.45, 2.75) is 52.2 Å². The average Bonchev–Trinajstić information content (AvgIpc) is 2.90. The van der Waals surface area contributed by atoms with Gasteiger partial charge >= 0.3 is 0 Å². The van der Waals surface area contributed by atoms with Crippen molar-refractivity contribution in [2.24, 2.45) is 0 Å². The van der Waals surface area contributed by atoms with Gasteiger partial charge in [-0.2, -0.15) is 0 Å². The van der Waals surface area contributed by atoms with Gasteiger partial charge < -0.3 is 10.2 Å². The van der Waals surface area contributed by atoms with E-state index in [-0.39, 0.29) is 30.6 Å². The number of aryl methyl sites for hydroxylation is 1. The van der Waals surface area contributed by atoms with Gasteiger partial charge in [0.15, 0.2) is 0 Å². The fourth-order valence-electron chi connectivity index (χ4n) is 4.19. The van der Waals surface area contributed by atoms with E-state index < -0.39 is 34.3 Å². The summed E-state index contributed by atoms with van der Waals surface area (Å²) >= 11 is 0. The number of benzene rings is 3. The summed E-state index contributed by atoms with van der Waals surface area (Å²) in [6, 6.07) is 20.8. The monoisotopic (exact) mass is 553 g/mol. The zero-order valence-electron chi connectivity index (χ0n) is 22.8. The Bertz CT molecular complexity index is 1360. The molecule has 0 bridgehead atoms. The second-order valence-electron chi connectivity index (χ2n) is 9.72. The van der Waals surface area contributed by atoms with Crippen LogP contribution in [-0.2, 0) is 32.6 Å². The van der Waals surface area contributed by atoms with E-state index in [9.17, 15) is 22.4 Å². The minimum atomic E-state index is -3.91. The van der Waals surface area contributed by atoms with Crippen molar-refractivity contribution in [3.8, 4) is 0 Å². The number of sulfonamides is 1. The summed E-state index contributed by atoms with van der Waals surface area (Å²) in [5.74, 6) is -1.39. The van der Waals surface area contributed by atoms with Crippen LogP contribution in [0.15, 0.2) is 78.9 Å². The Morgan fingerprint density at radius 2 is 1.56 bits per heavy atom. The molecule has 208 valence electrons. The third-order valence-corrected chi connectivity index (χ3v) is 7.81. The van der Waals surface area contributed by atoms with Crippen molar-refractivity contribution < 1.29 is 22.4 Å². The van der Waals surface area contributed by atoms with Crippen LogP contribution in [0.4, 0.5) is 10.1 Å². The molecule has 0 radical (unpaired) electrons. The third kappa shape index (κ3) is 8.38. The van der Waals surface area contributed by atoms with Crippen LogP contribution in [0.3, 0.4) is 0 Å². The predicted molar refractivity (Wildman–Crippen MR) is 152 cm³/mol. The third-order valence-electron chi connectivity index (χ3n) is 6.67. The standard InChI is InChI=1S/C30H36FN3O4S/c1-5-23(3)32-30(36)28(19-24-12-7-6-8-13-24)33(20-25-14-10-9-11-22(25)2)29(35)21-34(39(4,37)38)27-17-15-26(31)16-18-27/h6-18,23,28H,5,19-21H2,1-4H3,(H,32,36). The Morgan fingerprint density at radius 3 is 2.15 bits per heavy atom. The van der Waals surface area contributed by atoms with Crippen LogP contribution < -0.4 is 9.62 Å². The summed E-state index contributed by atoms with van der Waals surface area (Å²) < 4.78 is 40.0. The highest BCUT2D eigenvalue weighted by Crippen LogP contribution is 2.21. The van der Waals surface area contributed by atoms with E-state index in [2.05, 4.69) is 5.32 Å². The first-order valence-corrected chi connectivity index (χ1v) is 14.8. The van der Waals surface area contributed by atoms with Gasteiger partial charge in [0.2, 0.25) is 21.8 Å². The van der Waals surface area contributed by atoms with Gasteiger partial charge in [0.25, 0.3) is 0 Å². The van der Waals surface area contributed by atoms with Crippen molar-refractivity contribution in [2.75, 3.05) is 17.1 Å². The summed E-state index contributed by atoms with van der Waals surface area (Å²) in [7, 11) is -3.91. The molecule has 3 aromatic carbocycles. The van der Waals surface area contributed by atoms with E-state index in [1.165, 1.54) is 17.0 Å². The first-order valence-electron chi connectivity index (χ1n) is 12.9. The highest BCUT2D eigenvalue weighted by Gasteiger charge is 2.33. The fourth-order valence-corrected chi connectivity index (χ4v) is 5.04. The molecule has 0 spiro atoms. The molecule has 9 heteroatoms. The number of carbonyl (C=O) groups excluding carboxylic acids is 2. The second kappa shape index (κ2) is 13.4. The molecule has 39 heavy (non-hydrogen) atoms. The Balaban J connectivity index is 2.06. The maximum Gasteiger partial charge on any atom is 0.244 e. The van der Waals surface area contributed by atoms with Crippen LogP contribution in [0.5, 0.6) is 0 Å². The Morgan fingerprint density at radius 1 is 0.949 bits per heavy atom. The molecule has 0 saturated heterocycles. The first kappa shape index (κ1) is 29.8. The zero-order chi connectivity index (χ0) is 28.6. The van der Waals surface area contributed by atoms with Crippen molar-refractivity contribution >= 4 is 27.5 Å². The SMILES string of the molecule is CCC(C)NC(=O)C(Cc1ccccc1)N(Cc1ccccc1C)C(=O)CN(c1ccc(F)cc1)S(C)(=O)=O. The van der Waals surface area contributed by atoms with Crippen molar-refractivity contribution in [3.63, 3.8) is 0 Å². The van der Waals surface area contributed by atoms with Crippen LogP contribution in [-0.4, -0.2) is 50.0 Å². The summed E-state index contributed by atoms with van der Waals surface area (Å²) in [5.41, 5.74) is 2.80. The quantitative estimate of drug-likeness (QED) is 0.359. The minimum Gasteiger partial charge on any atom is -0.352 e. The summed E-state index contributed by atoms with van der Waals surface area (Å²) in [6.45, 7) is 5.34. The first-order chi connectivity index (χ1) is 18.5. The van der Waals surface area contributed by atoms with Gasteiger partial charge in [0, 0.05) is 19.0 Å². The second-order valence-corrected chi connectivity index (χ2v) is 11.6. The van der Waals surface area contributed by atoms with Crippen LogP contribution in [0.2, 0.25) is 0 Å². The minimum absolute atomic E-state index is 0.109. The molecule has 7 nitrogen and oxygen atoms in total. The molecule has 2 amide bonds. The van der Waals surface area contributed by atoms with Crippen molar-refractivity contribution in [1.82, 2.24) is 10.2 Å². The van der Waals surface area contributed by atoms with E-state index in [0.717, 1.165) is 39.4 Å². The molecule has 0 aliphatic heterocycles. The van der Waals surface area contributed by atoms with Gasteiger partial charge in [-0.3, -0.25) is 13.9 Å². The Labute approximate surface area is 230 Å². The molecular weight excluding hydrogens is 517 g/mol. The Kier molecular flexibility index (Phi) is 10.2. The molecule has 0 heterocycles. The van der Waals surface area contributed by atoms with E-state index in [1.807, 2.05) is 75.4 Å². The molecule has 3 aromatic rings. The highest BCUT2D eigenvalue weighted by molar-refractivity contribution is 7.92. The summed E-state index contributed by atoms with van der Waals surface area (Å²) in [4.78, 5) is 29.1. The lowest BCUT2D eigenvalue weighted by Crippen LogP contribution is -2.54. The number of carbonyl (C=O) groups is 2. The largest absolute Gasteiger partial charge is 0.352 e. The van der Waals surface area contributed by atoms with Gasteiger partial charge in [-0.05, 0) is 61.2 Å². The van der Waals surface area contributed by atoms with Crippen LogP contribution in [0, 0.1) is 12.7 Å². The maximum atomic E-state index is 14.0.